The molecule has 4 aliphatic rings. The zero-order valence-corrected chi connectivity index (χ0v) is 43.2. The molecule has 3 fully saturated rings. The number of hydrogen-bond donors (Lipinski definition) is 4. The first-order chi connectivity index (χ1) is 33.0. The van der Waals surface area contributed by atoms with Crippen molar-refractivity contribution in [2.75, 3.05) is 47.4 Å². The van der Waals surface area contributed by atoms with Gasteiger partial charge in [-0.05, 0) is 70.6 Å². The van der Waals surface area contributed by atoms with Crippen LogP contribution in [0, 0.1) is 24.7 Å². The number of piperidine rings is 1. The first kappa shape index (κ1) is 59.8. The summed E-state index contributed by atoms with van der Waals surface area (Å²) in [4.78, 5) is 91.4. The SMILES string of the molecule is CC1C2CCC(C2)N1C(=O)CCCCCN1C(=O)C=CC1=O.CCC.CCC(C)C(C(CC(=O)N1CCCC1C(OC)C(C)C(=O)NC/C(N)=N/N)OC)N(C)C(=O)CNC=O.Cc1ccccc1. The Balaban J connectivity index is 0.000000422. The van der Waals surface area contributed by atoms with Gasteiger partial charge in [0.15, 0.2) is 0 Å². The molecule has 18 nitrogen and oxygen atoms in total. The average molecular weight is 968 g/mol. The Hall–Kier alpha value is -5.36. The first-order valence-corrected chi connectivity index (χ1v) is 24.9. The van der Waals surface area contributed by atoms with Gasteiger partial charge in [0.1, 0.15) is 5.84 Å². The molecule has 1 aromatic rings. The number of nitrogens with one attached hydrogen (secondary N) is 2. The fraction of sp³-hybridized carbons (Fsp3) is 0.686. The Morgan fingerprint density at radius 2 is 1.59 bits per heavy atom. The number of unbranched alkanes of at least 4 members (excludes halogenated alkanes) is 2. The molecule has 0 aromatic heterocycles. The van der Waals surface area contributed by atoms with Gasteiger partial charge in [-0.2, -0.15) is 5.10 Å². The van der Waals surface area contributed by atoms with Gasteiger partial charge in [0.25, 0.3) is 11.8 Å². The molecule has 1 aliphatic carbocycles. The second-order valence-corrected chi connectivity index (χ2v) is 18.6. The molecule has 5 rings (SSSR count). The van der Waals surface area contributed by atoms with Crippen LogP contribution in [-0.2, 0) is 43.0 Å². The number of hydrogen-bond acceptors (Lipinski definition) is 11. The number of carbonyl (C=O) groups excluding carboxylic acids is 7. The minimum absolute atomic E-state index is 0.0184. The summed E-state index contributed by atoms with van der Waals surface area (Å²) in [5, 5.41) is 8.42. The summed E-state index contributed by atoms with van der Waals surface area (Å²) in [7, 11) is 4.71. The van der Waals surface area contributed by atoms with Gasteiger partial charge in [0.05, 0.1) is 49.7 Å². The Labute approximate surface area is 411 Å². The quantitative estimate of drug-likeness (QED) is 0.0243. The Morgan fingerprint density at radius 3 is 2.12 bits per heavy atom. The lowest BCUT2D eigenvalue weighted by Gasteiger charge is -2.39. The maximum atomic E-state index is 13.6. The van der Waals surface area contributed by atoms with E-state index in [1.807, 2.05) is 32.0 Å². The van der Waals surface area contributed by atoms with Gasteiger partial charge in [0.2, 0.25) is 30.0 Å². The third kappa shape index (κ3) is 18.5. The molecule has 9 unspecified atom stereocenters. The maximum Gasteiger partial charge on any atom is 0.253 e. The number of amides is 7. The normalized spacial score (nSPS) is 21.4. The van der Waals surface area contributed by atoms with Gasteiger partial charge < -0.3 is 46.4 Å². The number of hydrazone groups is 1. The molecule has 0 radical (unpaired) electrons. The van der Waals surface area contributed by atoms with Gasteiger partial charge in [-0.1, -0.05) is 89.8 Å². The molecule has 7 amide bonds. The zero-order valence-electron chi connectivity index (χ0n) is 43.2. The van der Waals surface area contributed by atoms with Crippen molar-refractivity contribution in [3.63, 3.8) is 0 Å². The lowest BCUT2D eigenvalue weighted by Crippen LogP contribution is -2.54. The molecule has 3 aliphatic heterocycles. The fourth-order valence-corrected chi connectivity index (χ4v) is 9.67. The Morgan fingerprint density at radius 1 is 0.942 bits per heavy atom. The molecule has 0 spiro atoms. The highest BCUT2D eigenvalue weighted by Gasteiger charge is 2.45. The van der Waals surface area contributed by atoms with Crippen molar-refractivity contribution in [3.8, 4) is 0 Å². The monoisotopic (exact) mass is 968 g/mol. The van der Waals surface area contributed by atoms with E-state index in [0.29, 0.717) is 50.3 Å². The van der Waals surface area contributed by atoms with E-state index in [1.54, 1.807) is 23.8 Å². The van der Waals surface area contributed by atoms with E-state index < -0.39 is 18.1 Å². The number of nitrogens with zero attached hydrogens (tertiary/aromatic N) is 5. The molecule has 9 atom stereocenters. The van der Waals surface area contributed by atoms with Gasteiger partial charge in [-0.15, -0.1) is 0 Å². The minimum atomic E-state index is -0.561. The zero-order chi connectivity index (χ0) is 51.6. The topological polar surface area (TPSA) is 239 Å². The van der Waals surface area contributed by atoms with E-state index >= 15 is 0 Å². The van der Waals surface area contributed by atoms with Crippen LogP contribution in [-0.4, -0.2) is 151 Å². The number of aryl methyl sites for hydroxylation is 1. The Kier molecular flexibility index (Phi) is 27.5. The molecular weight excluding hydrogens is 883 g/mol. The maximum absolute atomic E-state index is 13.6. The van der Waals surface area contributed by atoms with Crippen LogP contribution in [0.4, 0.5) is 0 Å². The third-order valence-corrected chi connectivity index (χ3v) is 13.6. The van der Waals surface area contributed by atoms with Crippen molar-refractivity contribution >= 4 is 47.7 Å². The van der Waals surface area contributed by atoms with Crippen molar-refractivity contribution in [2.45, 2.75) is 162 Å². The molecular formula is C51H85N9O9. The number of ether oxygens (including phenoxy) is 2. The molecule has 2 saturated heterocycles. The molecule has 18 heteroatoms. The highest BCUT2D eigenvalue weighted by atomic mass is 16.5. The predicted octanol–water partition coefficient (Wildman–Crippen LogP) is 4.28. The molecule has 388 valence electrons. The number of imide groups is 1. The molecule has 1 saturated carbocycles. The van der Waals surface area contributed by atoms with Crippen LogP contribution in [0.5, 0.6) is 0 Å². The van der Waals surface area contributed by atoms with E-state index in [0.717, 1.165) is 32.1 Å². The average Bonchev–Trinajstić information content (AvgIpc) is 4.16. The summed E-state index contributed by atoms with van der Waals surface area (Å²) in [5.41, 5.74) is 6.89. The van der Waals surface area contributed by atoms with Crippen molar-refractivity contribution in [3.05, 3.63) is 48.0 Å². The first-order valence-electron chi connectivity index (χ1n) is 24.9. The molecule has 1 aromatic carbocycles. The smallest absolute Gasteiger partial charge is 0.253 e. The van der Waals surface area contributed by atoms with Crippen LogP contribution in [0.15, 0.2) is 47.6 Å². The number of rotatable bonds is 22. The summed E-state index contributed by atoms with van der Waals surface area (Å²) in [5.74, 6) is 4.57. The third-order valence-electron chi connectivity index (χ3n) is 13.6. The highest BCUT2D eigenvalue weighted by molar-refractivity contribution is 6.12. The molecule has 3 heterocycles. The van der Waals surface area contributed by atoms with Crippen LogP contribution in [0.1, 0.15) is 124 Å². The molecule has 69 heavy (non-hydrogen) atoms. The summed E-state index contributed by atoms with van der Waals surface area (Å²) in [6, 6.07) is 10.5. The fourth-order valence-electron chi connectivity index (χ4n) is 9.67. The van der Waals surface area contributed by atoms with Crippen LogP contribution in [0.25, 0.3) is 0 Å². The van der Waals surface area contributed by atoms with Gasteiger partial charge >= 0.3 is 0 Å². The number of nitrogens with two attached hydrogens (primary N) is 2. The molecule has 2 bridgehead atoms. The number of methoxy groups -OCH3 is 2. The number of carbonyl (C=O) groups is 7. The van der Waals surface area contributed by atoms with E-state index in [-0.39, 0.29) is 78.8 Å². The van der Waals surface area contributed by atoms with E-state index in [2.05, 4.69) is 60.5 Å². The minimum Gasteiger partial charge on any atom is -0.384 e. The Bertz CT molecular complexity index is 1810. The second-order valence-electron chi connectivity index (χ2n) is 18.6. The van der Waals surface area contributed by atoms with E-state index in [9.17, 15) is 33.6 Å². The lowest BCUT2D eigenvalue weighted by molar-refractivity contribution is -0.145. The number of benzene rings is 1. The van der Waals surface area contributed by atoms with Crippen molar-refractivity contribution in [1.82, 2.24) is 30.2 Å². The van der Waals surface area contributed by atoms with Gasteiger partial charge in [-0.25, -0.2) is 0 Å². The number of amidine groups is 1. The van der Waals surface area contributed by atoms with Crippen LogP contribution < -0.4 is 22.2 Å². The van der Waals surface area contributed by atoms with Crippen LogP contribution in [0.2, 0.25) is 0 Å². The number of likely N-dealkylation sites (N-methyl/N-ethyl adjacent to an activating group) is 1. The van der Waals surface area contributed by atoms with Gasteiger partial charge in [0, 0.05) is 65.0 Å². The van der Waals surface area contributed by atoms with Crippen molar-refractivity contribution < 1.29 is 43.0 Å². The number of fused-ring (bicyclic) bond motifs is 2. The van der Waals surface area contributed by atoms with E-state index in [1.165, 1.54) is 62.5 Å². The largest absolute Gasteiger partial charge is 0.384 e. The lowest BCUT2D eigenvalue weighted by atomic mass is 9.90. The van der Waals surface area contributed by atoms with E-state index in [4.69, 9.17) is 21.1 Å². The standard InChI is InChI=1S/C24H45N7O6.C17H24N2O3.C7H8.C3H8/c1-7-15(2)22(30(4)21(34)13-27-14-32)18(36-5)11-20(33)31-10-8-9-17(31)23(37-6)16(3)24(35)28-12-19(25)29-26;1-12-13-6-7-14(11-13)19(12)17(22)5-3-2-4-10-18-15(20)8-9-16(18)21;1-7-5-3-2-4-6-7;1-3-2/h14-18,22-23H,7-13,26H2,1-6H3,(H2,25,29)(H,27,32)(H,28,35);8-9,12-14H,2-7,10-11H2,1H3;2-6H,1H3;3H2,1-2H3. The summed E-state index contributed by atoms with van der Waals surface area (Å²) >= 11 is 0. The predicted molar refractivity (Wildman–Crippen MR) is 268 cm³/mol. The van der Waals surface area contributed by atoms with Crippen molar-refractivity contribution in [1.29, 1.82) is 0 Å². The van der Waals surface area contributed by atoms with Crippen molar-refractivity contribution in [2.24, 2.45) is 34.4 Å². The number of likely N-dealkylation sites (tertiary alicyclic amines) is 2. The molecule has 6 N–H and O–H groups in total. The summed E-state index contributed by atoms with van der Waals surface area (Å²) < 4.78 is 11.5. The second kappa shape index (κ2) is 31.7. The van der Waals surface area contributed by atoms with Crippen LogP contribution >= 0.6 is 0 Å². The summed E-state index contributed by atoms with van der Waals surface area (Å²) in [6.45, 7) is 15.1. The van der Waals surface area contributed by atoms with Gasteiger partial charge in [-0.3, -0.25) is 38.5 Å². The van der Waals surface area contributed by atoms with Crippen LogP contribution in [0.3, 0.4) is 0 Å². The summed E-state index contributed by atoms with van der Waals surface area (Å²) in [6.07, 6.45) is 12.3. The highest BCUT2D eigenvalue weighted by Crippen LogP contribution is 2.42.